The van der Waals surface area contributed by atoms with Crippen LogP contribution in [0.25, 0.3) is 0 Å². The molecule has 0 unspecified atom stereocenters. The zero-order valence-electron chi connectivity index (χ0n) is 13.9. The molecular formula is C18H25N3O3. The maximum absolute atomic E-state index is 12.2. The Bertz CT molecular complexity index is 563. The number of carbonyl (C=O) groups is 2. The molecule has 24 heavy (non-hydrogen) atoms. The lowest BCUT2D eigenvalue weighted by Gasteiger charge is -2.26. The van der Waals surface area contributed by atoms with Crippen LogP contribution >= 0.6 is 0 Å². The molecule has 1 aliphatic carbocycles. The summed E-state index contributed by atoms with van der Waals surface area (Å²) >= 11 is 0. The fourth-order valence-electron chi connectivity index (χ4n) is 2.72. The highest BCUT2D eigenvalue weighted by atomic mass is 16.5. The Morgan fingerprint density at radius 1 is 1.12 bits per heavy atom. The van der Waals surface area contributed by atoms with E-state index in [4.69, 9.17) is 4.74 Å². The van der Waals surface area contributed by atoms with Gasteiger partial charge in [-0.15, -0.1) is 0 Å². The molecule has 2 fully saturated rings. The second-order valence-electron chi connectivity index (χ2n) is 6.49. The summed E-state index contributed by atoms with van der Waals surface area (Å²) in [5.41, 5.74) is 1.71. The SMILES string of the molecule is O=C(CNCC1CC1)Nc1ccc(CC(=O)N2CCOCC2)cc1. The Labute approximate surface area is 142 Å². The molecule has 6 heteroatoms. The van der Waals surface area contributed by atoms with E-state index in [1.807, 2.05) is 29.2 Å². The molecule has 1 aliphatic heterocycles. The third-order valence-corrected chi connectivity index (χ3v) is 4.37. The minimum Gasteiger partial charge on any atom is -0.378 e. The number of amides is 2. The molecule has 0 radical (unpaired) electrons. The number of nitrogens with one attached hydrogen (secondary N) is 2. The molecule has 6 nitrogen and oxygen atoms in total. The molecule has 1 saturated carbocycles. The standard InChI is InChI=1S/C18H25N3O3/c22-17(13-19-12-15-1-2-15)20-16-5-3-14(4-6-16)11-18(23)21-7-9-24-10-8-21/h3-6,15,19H,1-2,7-13H2,(H,20,22). The highest BCUT2D eigenvalue weighted by molar-refractivity contribution is 5.92. The van der Waals surface area contributed by atoms with Crippen LogP contribution in [0.5, 0.6) is 0 Å². The summed E-state index contributed by atoms with van der Waals surface area (Å²) in [7, 11) is 0. The molecule has 1 saturated heterocycles. The van der Waals surface area contributed by atoms with Gasteiger partial charge in [-0.05, 0) is 43.0 Å². The van der Waals surface area contributed by atoms with Crippen molar-refractivity contribution < 1.29 is 14.3 Å². The molecule has 1 heterocycles. The molecule has 2 amide bonds. The second kappa shape index (κ2) is 8.26. The minimum absolute atomic E-state index is 0.0345. The molecular weight excluding hydrogens is 306 g/mol. The molecule has 0 bridgehead atoms. The number of nitrogens with zero attached hydrogens (tertiary/aromatic N) is 1. The number of benzene rings is 1. The van der Waals surface area contributed by atoms with Gasteiger partial charge in [-0.25, -0.2) is 0 Å². The number of anilines is 1. The number of morpholine rings is 1. The first-order valence-electron chi connectivity index (χ1n) is 8.66. The molecule has 1 aromatic rings. The van der Waals surface area contributed by atoms with Crippen molar-refractivity contribution in [1.82, 2.24) is 10.2 Å². The highest BCUT2D eigenvalue weighted by Gasteiger charge is 2.20. The van der Waals surface area contributed by atoms with Crippen LogP contribution in [0.3, 0.4) is 0 Å². The molecule has 0 atom stereocenters. The van der Waals surface area contributed by atoms with Gasteiger partial charge < -0.3 is 20.3 Å². The summed E-state index contributed by atoms with van der Waals surface area (Å²) in [6.45, 7) is 3.84. The minimum atomic E-state index is -0.0345. The van der Waals surface area contributed by atoms with Crippen LogP contribution in [0.4, 0.5) is 5.69 Å². The second-order valence-corrected chi connectivity index (χ2v) is 6.49. The maximum Gasteiger partial charge on any atom is 0.238 e. The molecule has 0 spiro atoms. The maximum atomic E-state index is 12.2. The summed E-state index contributed by atoms with van der Waals surface area (Å²) in [6, 6.07) is 7.48. The average Bonchev–Trinajstić information content (AvgIpc) is 3.42. The van der Waals surface area contributed by atoms with Crippen LogP contribution in [-0.4, -0.2) is 56.1 Å². The van der Waals surface area contributed by atoms with Gasteiger partial charge in [-0.1, -0.05) is 12.1 Å². The van der Waals surface area contributed by atoms with Gasteiger partial charge in [0.2, 0.25) is 11.8 Å². The van der Waals surface area contributed by atoms with E-state index in [1.165, 1.54) is 12.8 Å². The van der Waals surface area contributed by atoms with Crippen molar-refractivity contribution in [2.45, 2.75) is 19.3 Å². The zero-order valence-corrected chi connectivity index (χ0v) is 13.9. The van der Waals surface area contributed by atoms with Crippen LogP contribution in [0.2, 0.25) is 0 Å². The van der Waals surface area contributed by atoms with Crippen molar-refractivity contribution in [3.05, 3.63) is 29.8 Å². The number of hydrogen-bond acceptors (Lipinski definition) is 4. The topological polar surface area (TPSA) is 70.7 Å². The van der Waals surface area contributed by atoms with Gasteiger partial charge >= 0.3 is 0 Å². The molecule has 3 rings (SSSR count). The van der Waals surface area contributed by atoms with Crippen LogP contribution in [0, 0.1) is 5.92 Å². The Kier molecular flexibility index (Phi) is 5.82. The van der Waals surface area contributed by atoms with Gasteiger partial charge in [0, 0.05) is 18.8 Å². The molecule has 130 valence electrons. The van der Waals surface area contributed by atoms with Crippen LogP contribution in [0.15, 0.2) is 24.3 Å². The summed E-state index contributed by atoms with van der Waals surface area (Å²) in [5.74, 6) is 0.855. The third-order valence-electron chi connectivity index (χ3n) is 4.37. The van der Waals surface area contributed by atoms with Crippen molar-refractivity contribution in [3.63, 3.8) is 0 Å². The Morgan fingerprint density at radius 3 is 2.50 bits per heavy atom. The highest BCUT2D eigenvalue weighted by Crippen LogP contribution is 2.27. The largest absolute Gasteiger partial charge is 0.378 e. The summed E-state index contributed by atoms with van der Waals surface area (Å²) < 4.78 is 5.26. The van der Waals surface area contributed by atoms with Crippen molar-refractivity contribution in [2.24, 2.45) is 5.92 Å². The summed E-state index contributed by atoms with van der Waals surface area (Å²) in [6.07, 6.45) is 2.94. The Balaban J connectivity index is 1.42. The van der Waals surface area contributed by atoms with Gasteiger partial charge in [0.15, 0.2) is 0 Å². The molecule has 2 N–H and O–H groups in total. The Morgan fingerprint density at radius 2 is 1.83 bits per heavy atom. The van der Waals surface area contributed by atoms with E-state index in [2.05, 4.69) is 10.6 Å². The third kappa shape index (κ3) is 5.32. The predicted molar refractivity (Wildman–Crippen MR) is 91.8 cm³/mol. The molecule has 1 aromatic carbocycles. The number of hydrogen-bond donors (Lipinski definition) is 2. The lowest BCUT2D eigenvalue weighted by atomic mass is 10.1. The molecule has 2 aliphatic rings. The first-order chi connectivity index (χ1) is 11.7. The average molecular weight is 331 g/mol. The van der Waals surface area contributed by atoms with Crippen molar-refractivity contribution in [2.75, 3.05) is 44.7 Å². The van der Waals surface area contributed by atoms with E-state index in [1.54, 1.807) is 0 Å². The van der Waals surface area contributed by atoms with Crippen molar-refractivity contribution >= 4 is 17.5 Å². The number of ether oxygens (including phenoxy) is 1. The van der Waals surface area contributed by atoms with Crippen LogP contribution in [0.1, 0.15) is 18.4 Å². The lowest BCUT2D eigenvalue weighted by Crippen LogP contribution is -2.41. The van der Waals surface area contributed by atoms with E-state index in [0.29, 0.717) is 39.3 Å². The van der Waals surface area contributed by atoms with Crippen LogP contribution < -0.4 is 10.6 Å². The fraction of sp³-hybridized carbons (Fsp3) is 0.556. The zero-order chi connectivity index (χ0) is 16.8. The van der Waals surface area contributed by atoms with E-state index < -0.39 is 0 Å². The van der Waals surface area contributed by atoms with E-state index >= 15 is 0 Å². The van der Waals surface area contributed by atoms with E-state index in [9.17, 15) is 9.59 Å². The Hall–Kier alpha value is -1.92. The summed E-state index contributed by atoms with van der Waals surface area (Å²) in [4.78, 5) is 25.9. The van der Waals surface area contributed by atoms with Crippen LogP contribution in [-0.2, 0) is 20.7 Å². The predicted octanol–water partition coefficient (Wildman–Crippen LogP) is 1.03. The first-order valence-corrected chi connectivity index (χ1v) is 8.66. The lowest BCUT2D eigenvalue weighted by molar-refractivity contribution is -0.134. The van der Waals surface area contributed by atoms with Gasteiger partial charge in [0.1, 0.15) is 0 Å². The first kappa shape index (κ1) is 16.9. The van der Waals surface area contributed by atoms with Gasteiger partial charge in [-0.3, -0.25) is 9.59 Å². The normalized spacial score (nSPS) is 17.6. The summed E-state index contributed by atoms with van der Waals surface area (Å²) in [5, 5.41) is 6.04. The molecule has 0 aromatic heterocycles. The number of rotatable bonds is 7. The van der Waals surface area contributed by atoms with Crippen molar-refractivity contribution in [1.29, 1.82) is 0 Å². The number of carbonyl (C=O) groups excluding carboxylic acids is 2. The van der Waals surface area contributed by atoms with E-state index in [0.717, 1.165) is 23.7 Å². The van der Waals surface area contributed by atoms with E-state index in [-0.39, 0.29) is 11.8 Å². The quantitative estimate of drug-likeness (QED) is 0.783. The van der Waals surface area contributed by atoms with Gasteiger partial charge in [0.05, 0.1) is 26.2 Å². The monoisotopic (exact) mass is 331 g/mol. The van der Waals surface area contributed by atoms with Gasteiger partial charge in [-0.2, -0.15) is 0 Å². The smallest absolute Gasteiger partial charge is 0.238 e. The van der Waals surface area contributed by atoms with Gasteiger partial charge in [0.25, 0.3) is 0 Å². The fourth-order valence-corrected chi connectivity index (χ4v) is 2.72. The van der Waals surface area contributed by atoms with Crippen molar-refractivity contribution in [3.8, 4) is 0 Å².